The summed E-state index contributed by atoms with van der Waals surface area (Å²) in [7, 11) is -2.18. The van der Waals surface area contributed by atoms with E-state index in [1.807, 2.05) is 31.2 Å². The highest BCUT2D eigenvalue weighted by molar-refractivity contribution is 7.92. The fourth-order valence-corrected chi connectivity index (χ4v) is 6.46. The Morgan fingerprint density at radius 2 is 1.79 bits per heavy atom. The van der Waals surface area contributed by atoms with Gasteiger partial charge in [-0.3, -0.25) is 9.10 Å². The van der Waals surface area contributed by atoms with Crippen LogP contribution in [0, 0.1) is 6.92 Å². The molecule has 0 fully saturated rings. The second kappa shape index (κ2) is 10.3. The largest absolute Gasteiger partial charge is 0.497 e. The zero-order chi connectivity index (χ0) is 26.9. The normalized spacial score (nSPS) is 11.4. The average Bonchev–Trinajstić information content (AvgIpc) is 3.51. The van der Waals surface area contributed by atoms with E-state index in [0.29, 0.717) is 27.9 Å². The molecule has 0 spiro atoms. The first-order valence-corrected chi connectivity index (χ1v) is 14.1. The zero-order valence-corrected chi connectivity index (χ0v) is 22.6. The predicted octanol–water partition coefficient (Wildman–Crippen LogP) is 5.27. The van der Waals surface area contributed by atoms with Crippen LogP contribution in [0.4, 0.5) is 11.5 Å². The molecule has 0 saturated heterocycles. The number of nitrogens with one attached hydrogen (secondary N) is 1. The van der Waals surface area contributed by atoms with E-state index in [-0.39, 0.29) is 11.4 Å². The van der Waals surface area contributed by atoms with Gasteiger partial charge in [-0.05, 0) is 68.4 Å². The standard InChI is InChI=1S/C27H25N5O4S2/c1-4-31(20-8-6-5-7-9-20)38(34,35)22-13-10-19(11-14-22)26(33)29-25-16-18(2)30-32(25)27-28-23-15-12-21(36-3)17-24(23)37-27/h5-17H,4H2,1-3H3,(H,29,33). The van der Waals surface area contributed by atoms with Crippen LogP contribution in [0.15, 0.2) is 83.8 Å². The van der Waals surface area contributed by atoms with Gasteiger partial charge in [-0.2, -0.15) is 9.78 Å². The molecule has 1 N–H and O–H groups in total. The molecule has 0 unspecified atom stereocenters. The highest BCUT2D eigenvalue weighted by atomic mass is 32.2. The average molecular weight is 548 g/mol. The molecule has 0 aliphatic rings. The lowest BCUT2D eigenvalue weighted by atomic mass is 10.2. The molecule has 3 aromatic carbocycles. The Morgan fingerprint density at radius 1 is 1.05 bits per heavy atom. The molecule has 0 radical (unpaired) electrons. The van der Waals surface area contributed by atoms with E-state index in [4.69, 9.17) is 4.74 Å². The minimum atomic E-state index is -3.79. The minimum absolute atomic E-state index is 0.102. The van der Waals surface area contributed by atoms with Crippen LogP contribution in [0.5, 0.6) is 5.75 Å². The maximum Gasteiger partial charge on any atom is 0.264 e. The maximum absolute atomic E-state index is 13.3. The second-order valence-corrected chi connectivity index (χ2v) is 11.3. The summed E-state index contributed by atoms with van der Waals surface area (Å²) < 4.78 is 35.7. The first-order valence-electron chi connectivity index (χ1n) is 11.8. The molecule has 9 nitrogen and oxygen atoms in total. The number of carbonyl (C=O) groups is 1. The van der Waals surface area contributed by atoms with Crippen molar-refractivity contribution in [2.45, 2.75) is 18.7 Å². The quantitative estimate of drug-likeness (QED) is 0.284. The fraction of sp³-hybridized carbons (Fsp3) is 0.148. The van der Waals surface area contributed by atoms with Crippen molar-refractivity contribution >= 4 is 49.0 Å². The molecule has 5 aromatic rings. The molecule has 11 heteroatoms. The number of amides is 1. The van der Waals surface area contributed by atoms with Crippen molar-refractivity contribution in [3.8, 4) is 10.9 Å². The van der Waals surface area contributed by atoms with Gasteiger partial charge in [0.15, 0.2) is 0 Å². The number of nitrogens with zero attached hydrogens (tertiary/aromatic N) is 4. The van der Waals surface area contributed by atoms with E-state index in [0.717, 1.165) is 16.0 Å². The number of anilines is 2. The number of hydrogen-bond acceptors (Lipinski definition) is 7. The van der Waals surface area contributed by atoms with Gasteiger partial charge in [0.05, 0.1) is 33.6 Å². The molecule has 0 bridgehead atoms. The topological polar surface area (TPSA) is 106 Å². The molecule has 194 valence electrons. The Balaban J connectivity index is 1.38. The molecule has 0 aliphatic carbocycles. The van der Waals surface area contributed by atoms with Crippen LogP contribution >= 0.6 is 11.3 Å². The van der Waals surface area contributed by atoms with E-state index >= 15 is 0 Å². The van der Waals surface area contributed by atoms with Crippen LogP contribution in [-0.4, -0.2) is 42.7 Å². The molecule has 0 atom stereocenters. The molecular weight excluding hydrogens is 522 g/mol. The Kier molecular flexibility index (Phi) is 6.87. The number of para-hydroxylation sites is 1. The number of rotatable bonds is 8. The van der Waals surface area contributed by atoms with E-state index in [2.05, 4.69) is 15.4 Å². The molecule has 1 amide bonds. The van der Waals surface area contributed by atoms with Gasteiger partial charge in [-0.25, -0.2) is 13.4 Å². The number of carbonyl (C=O) groups excluding carboxylic acids is 1. The van der Waals surface area contributed by atoms with E-state index in [1.54, 1.807) is 49.0 Å². The van der Waals surface area contributed by atoms with Crippen LogP contribution in [0.25, 0.3) is 15.3 Å². The number of fused-ring (bicyclic) bond motifs is 1. The molecule has 0 aliphatic heterocycles. The van der Waals surface area contributed by atoms with Crippen LogP contribution < -0.4 is 14.4 Å². The monoisotopic (exact) mass is 547 g/mol. The van der Waals surface area contributed by atoms with Crippen LogP contribution in [0.2, 0.25) is 0 Å². The number of aromatic nitrogens is 3. The molecule has 2 heterocycles. The van der Waals surface area contributed by atoms with Crippen molar-refractivity contribution in [3.05, 3.63) is 90.1 Å². The number of sulfonamides is 1. The summed E-state index contributed by atoms with van der Waals surface area (Å²) in [5.74, 6) is 0.791. The van der Waals surface area contributed by atoms with Gasteiger partial charge in [0.2, 0.25) is 5.13 Å². The summed E-state index contributed by atoms with van der Waals surface area (Å²) in [6.07, 6.45) is 0. The van der Waals surface area contributed by atoms with Crippen molar-refractivity contribution in [1.29, 1.82) is 0 Å². The number of aryl methyl sites for hydroxylation is 1. The summed E-state index contributed by atoms with van der Waals surface area (Å²) in [6, 6.07) is 22.2. The fourth-order valence-electron chi connectivity index (χ4n) is 4.02. The summed E-state index contributed by atoms with van der Waals surface area (Å²) in [4.78, 5) is 17.8. The van der Waals surface area contributed by atoms with Crippen LogP contribution in [-0.2, 0) is 10.0 Å². The number of benzene rings is 3. The summed E-state index contributed by atoms with van der Waals surface area (Å²) >= 11 is 1.42. The van der Waals surface area contributed by atoms with Gasteiger partial charge in [-0.1, -0.05) is 29.5 Å². The van der Waals surface area contributed by atoms with Crippen molar-refractivity contribution in [1.82, 2.24) is 14.8 Å². The smallest absolute Gasteiger partial charge is 0.264 e. The summed E-state index contributed by atoms with van der Waals surface area (Å²) in [6.45, 7) is 3.88. The SMILES string of the molecule is CCN(c1ccccc1)S(=O)(=O)c1ccc(C(=O)Nc2cc(C)nn2-c2nc3ccc(OC)cc3s2)cc1. The Hall–Kier alpha value is -4.22. The minimum Gasteiger partial charge on any atom is -0.497 e. The van der Waals surface area contributed by atoms with Crippen molar-refractivity contribution in [3.63, 3.8) is 0 Å². The Bertz CT molecular complexity index is 1710. The van der Waals surface area contributed by atoms with Gasteiger partial charge < -0.3 is 10.1 Å². The molecule has 5 rings (SSSR count). The number of ether oxygens (including phenoxy) is 1. The second-order valence-electron chi connectivity index (χ2n) is 8.40. The van der Waals surface area contributed by atoms with Gasteiger partial charge in [0.1, 0.15) is 11.6 Å². The summed E-state index contributed by atoms with van der Waals surface area (Å²) in [5.41, 5.74) is 2.39. The molecule has 0 saturated carbocycles. The van der Waals surface area contributed by atoms with Gasteiger partial charge in [-0.15, -0.1) is 0 Å². The lowest BCUT2D eigenvalue weighted by Gasteiger charge is -2.23. The predicted molar refractivity (Wildman–Crippen MR) is 149 cm³/mol. The van der Waals surface area contributed by atoms with Crippen molar-refractivity contribution in [2.75, 3.05) is 23.3 Å². The highest BCUT2D eigenvalue weighted by Crippen LogP contribution is 2.30. The summed E-state index contributed by atoms with van der Waals surface area (Å²) in [5, 5.41) is 7.97. The number of thiazole rings is 1. The third-order valence-electron chi connectivity index (χ3n) is 5.87. The molecule has 2 aromatic heterocycles. The number of methoxy groups -OCH3 is 1. The maximum atomic E-state index is 13.3. The Morgan fingerprint density at radius 3 is 2.47 bits per heavy atom. The lowest BCUT2D eigenvalue weighted by Crippen LogP contribution is -2.30. The first-order chi connectivity index (χ1) is 18.3. The highest BCUT2D eigenvalue weighted by Gasteiger charge is 2.24. The third kappa shape index (κ3) is 4.85. The van der Waals surface area contributed by atoms with Crippen molar-refractivity contribution in [2.24, 2.45) is 0 Å². The van der Waals surface area contributed by atoms with E-state index in [9.17, 15) is 13.2 Å². The van der Waals surface area contributed by atoms with Crippen molar-refractivity contribution < 1.29 is 17.9 Å². The third-order valence-corrected chi connectivity index (χ3v) is 8.79. The van der Waals surface area contributed by atoms with E-state index < -0.39 is 15.9 Å². The van der Waals surface area contributed by atoms with Gasteiger partial charge in [0.25, 0.3) is 15.9 Å². The number of hydrogen-bond donors (Lipinski definition) is 1. The lowest BCUT2D eigenvalue weighted by molar-refractivity contribution is 0.102. The van der Waals surface area contributed by atoms with Crippen LogP contribution in [0.3, 0.4) is 0 Å². The molecular formula is C27H25N5O4S2. The zero-order valence-electron chi connectivity index (χ0n) is 21.0. The van der Waals surface area contributed by atoms with Crippen LogP contribution in [0.1, 0.15) is 23.0 Å². The van der Waals surface area contributed by atoms with E-state index in [1.165, 1.54) is 39.9 Å². The molecule has 38 heavy (non-hydrogen) atoms. The Labute approximate surface area is 224 Å². The van der Waals surface area contributed by atoms with Gasteiger partial charge >= 0.3 is 0 Å². The van der Waals surface area contributed by atoms with Gasteiger partial charge in [0, 0.05) is 18.2 Å². The first kappa shape index (κ1) is 25.4.